The summed E-state index contributed by atoms with van der Waals surface area (Å²) in [5.41, 5.74) is 8.36. The molecule has 69 heavy (non-hydrogen) atoms. The van der Waals surface area contributed by atoms with Gasteiger partial charge in [0, 0.05) is 16.7 Å². The highest BCUT2D eigenvalue weighted by Crippen LogP contribution is 2.36. The van der Waals surface area contributed by atoms with Crippen molar-refractivity contribution in [2.45, 2.75) is 0 Å². The first-order chi connectivity index (χ1) is 33.9. The van der Waals surface area contributed by atoms with Crippen molar-refractivity contribution in [3.8, 4) is 67.9 Å². The van der Waals surface area contributed by atoms with E-state index in [2.05, 4.69) is 18.2 Å². The van der Waals surface area contributed by atoms with Gasteiger partial charge in [0.1, 0.15) is 34.5 Å². The van der Waals surface area contributed by atoms with E-state index in [1.54, 1.807) is 36.4 Å². The van der Waals surface area contributed by atoms with Crippen LogP contribution in [0.4, 0.5) is 0 Å². The van der Waals surface area contributed by atoms with E-state index >= 15 is 0 Å². The molecule has 0 fully saturated rings. The molecule has 6 heteroatoms. The molecule has 0 aliphatic rings. The molecule has 0 unspecified atom stereocenters. The monoisotopic (exact) mass is 894 g/mol. The first kappa shape index (κ1) is 43.5. The third kappa shape index (κ3) is 9.92. The standard InChI is InChI=1S/C63H42O6/c64-61(55-22-10-13-25-58(55)67-52-16-4-1-5-17-52)46-34-28-43(29-35-46)49-40-50(44-30-36-47(37-31-44)62(65)56-23-11-14-26-59(56)68-53-18-6-2-7-19-53)42-51(41-49)45-32-38-48(39-33-45)63(66)57-24-12-15-27-60(57)69-54-20-8-3-9-21-54/h1-42H. The average molecular weight is 895 g/mol. The summed E-state index contributed by atoms with van der Waals surface area (Å²) in [5, 5.41) is 0. The van der Waals surface area contributed by atoms with Gasteiger partial charge in [-0.2, -0.15) is 0 Å². The number of rotatable bonds is 15. The summed E-state index contributed by atoms with van der Waals surface area (Å²) in [6.45, 7) is 0. The number of ketones is 3. The van der Waals surface area contributed by atoms with Gasteiger partial charge in [-0.05, 0) is 124 Å². The van der Waals surface area contributed by atoms with Gasteiger partial charge in [-0.1, -0.05) is 164 Å². The minimum Gasteiger partial charge on any atom is -0.457 e. The highest BCUT2D eigenvalue weighted by atomic mass is 16.5. The Bertz CT molecular complexity index is 3040. The van der Waals surface area contributed by atoms with Crippen LogP contribution in [0.5, 0.6) is 34.5 Å². The Morgan fingerprint density at radius 3 is 0.725 bits per heavy atom. The van der Waals surface area contributed by atoms with Crippen LogP contribution in [0.3, 0.4) is 0 Å². The predicted molar refractivity (Wildman–Crippen MR) is 272 cm³/mol. The lowest BCUT2D eigenvalue weighted by atomic mass is 9.91. The zero-order valence-corrected chi connectivity index (χ0v) is 37.2. The second-order valence-electron chi connectivity index (χ2n) is 16.3. The summed E-state index contributed by atoms with van der Waals surface area (Å²) in [4.78, 5) is 41.9. The van der Waals surface area contributed by atoms with E-state index in [1.165, 1.54) is 0 Å². The Labute approximate surface area is 400 Å². The Morgan fingerprint density at radius 1 is 0.232 bits per heavy atom. The van der Waals surface area contributed by atoms with Gasteiger partial charge in [0.2, 0.25) is 0 Å². The zero-order valence-electron chi connectivity index (χ0n) is 37.2. The van der Waals surface area contributed by atoms with E-state index in [4.69, 9.17) is 14.2 Å². The van der Waals surface area contributed by atoms with Gasteiger partial charge in [-0.25, -0.2) is 0 Å². The molecule has 0 aliphatic carbocycles. The van der Waals surface area contributed by atoms with Crippen LogP contribution < -0.4 is 14.2 Å². The predicted octanol–water partition coefficient (Wildman–Crippen LogP) is 15.8. The van der Waals surface area contributed by atoms with Gasteiger partial charge < -0.3 is 14.2 Å². The summed E-state index contributed by atoms with van der Waals surface area (Å²) >= 11 is 0. The fourth-order valence-electron chi connectivity index (χ4n) is 8.11. The smallest absolute Gasteiger partial charge is 0.196 e. The second kappa shape index (κ2) is 20.0. The molecule has 10 aromatic rings. The number of hydrogen-bond donors (Lipinski definition) is 0. The molecule has 0 aromatic heterocycles. The maximum atomic E-state index is 14.0. The van der Waals surface area contributed by atoms with Crippen LogP contribution in [0.1, 0.15) is 47.8 Å². The topological polar surface area (TPSA) is 78.9 Å². The summed E-state index contributed by atoms with van der Waals surface area (Å²) in [6, 6.07) is 79.0. The van der Waals surface area contributed by atoms with E-state index in [9.17, 15) is 14.4 Å². The fraction of sp³-hybridized carbons (Fsp3) is 0. The molecule has 0 spiro atoms. The third-order valence-electron chi connectivity index (χ3n) is 11.7. The summed E-state index contributed by atoms with van der Waals surface area (Å²) in [5.74, 6) is 2.89. The van der Waals surface area contributed by atoms with Crippen molar-refractivity contribution in [1.82, 2.24) is 0 Å². The van der Waals surface area contributed by atoms with Gasteiger partial charge in [-0.15, -0.1) is 0 Å². The molecule has 0 heterocycles. The van der Waals surface area contributed by atoms with Crippen LogP contribution >= 0.6 is 0 Å². The molecule has 0 bridgehead atoms. The number of para-hydroxylation sites is 6. The Kier molecular flexibility index (Phi) is 12.6. The van der Waals surface area contributed by atoms with Crippen LogP contribution in [0.15, 0.2) is 255 Å². The minimum atomic E-state index is -0.157. The molecule has 0 radical (unpaired) electrons. The summed E-state index contributed by atoms with van der Waals surface area (Å²) in [7, 11) is 0. The van der Waals surface area contributed by atoms with Crippen molar-refractivity contribution < 1.29 is 28.6 Å². The van der Waals surface area contributed by atoms with Crippen molar-refractivity contribution in [1.29, 1.82) is 0 Å². The third-order valence-corrected chi connectivity index (χ3v) is 11.7. The van der Waals surface area contributed by atoms with Crippen molar-refractivity contribution >= 4 is 17.3 Å². The fourth-order valence-corrected chi connectivity index (χ4v) is 8.11. The maximum absolute atomic E-state index is 14.0. The van der Waals surface area contributed by atoms with Crippen LogP contribution in [0.2, 0.25) is 0 Å². The largest absolute Gasteiger partial charge is 0.457 e. The number of benzene rings is 10. The minimum absolute atomic E-state index is 0.157. The molecule has 10 aromatic carbocycles. The zero-order chi connectivity index (χ0) is 46.9. The number of ether oxygens (including phenoxy) is 3. The van der Waals surface area contributed by atoms with E-state index in [0.29, 0.717) is 67.9 Å². The van der Waals surface area contributed by atoms with Crippen molar-refractivity contribution in [2.24, 2.45) is 0 Å². The van der Waals surface area contributed by atoms with Crippen molar-refractivity contribution in [3.05, 3.63) is 288 Å². The number of carbonyl (C=O) groups excluding carboxylic acids is 3. The molecule has 0 atom stereocenters. The first-order valence-corrected chi connectivity index (χ1v) is 22.5. The van der Waals surface area contributed by atoms with Gasteiger partial charge in [0.15, 0.2) is 17.3 Å². The molecule has 0 aliphatic heterocycles. The highest BCUT2D eigenvalue weighted by Gasteiger charge is 2.19. The summed E-state index contributed by atoms with van der Waals surface area (Å²) < 4.78 is 18.4. The molecule has 6 nitrogen and oxygen atoms in total. The molecular weight excluding hydrogens is 853 g/mol. The maximum Gasteiger partial charge on any atom is 0.196 e. The van der Waals surface area contributed by atoms with Crippen LogP contribution in [-0.4, -0.2) is 17.3 Å². The van der Waals surface area contributed by atoms with Crippen molar-refractivity contribution in [3.63, 3.8) is 0 Å². The van der Waals surface area contributed by atoms with Gasteiger partial charge in [0.05, 0.1) is 16.7 Å². The van der Waals surface area contributed by atoms with Crippen LogP contribution in [0, 0.1) is 0 Å². The van der Waals surface area contributed by atoms with Crippen LogP contribution in [-0.2, 0) is 0 Å². The Balaban J connectivity index is 0.969. The highest BCUT2D eigenvalue weighted by molar-refractivity contribution is 6.12. The molecule has 10 rings (SSSR count). The SMILES string of the molecule is O=C(c1ccc(-c2cc(-c3ccc(C(=O)c4ccccc4Oc4ccccc4)cc3)cc(-c3ccc(C(=O)c4ccccc4Oc4ccccc4)cc3)c2)cc1)c1ccccc1Oc1ccccc1. The molecule has 0 amide bonds. The van der Waals surface area contributed by atoms with Crippen molar-refractivity contribution in [2.75, 3.05) is 0 Å². The molecule has 0 saturated carbocycles. The molecular formula is C63H42O6. The van der Waals surface area contributed by atoms with Crippen LogP contribution in [0.25, 0.3) is 33.4 Å². The van der Waals surface area contributed by atoms with E-state index in [0.717, 1.165) is 33.4 Å². The quantitative estimate of drug-likeness (QED) is 0.0954. The molecule has 0 saturated heterocycles. The second-order valence-corrected chi connectivity index (χ2v) is 16.3. The lowest BCUT2D eigenvalue weighted by molar-refractivity contribution is 0.102. The first-order valence-electron chi connectivity index (χ1n) is 22.5. The normalized spacial score (nSPS) is 10.8. The summed E-state index contributed by atoms with van der Waals surface area (Å²) in [6.07, 6.45) is 0. The molecule has 0 N–H and O–H groups in total. The molecule has 330 valence electrons. The van der Waals surface area contributed by atoms with E-state index in [-0.39, 0.29) is 17.3 Å². The van der Waals surface area contributed by atoms with Gasteiger partial charge in [0.25, 0.3) is 0 Å². The van der Waals surface area contributed by atoms with Gasteiger partial charge in [-0.3, -0.25) is 14.4 Å². The number of hydrogen-bond acceptors (Lipinski definition) is 6. The number of carbonyl (C=O) groups is 3. The van der Waals surface area contributed by atoms with Gasteiger partial charge >= 0.3 is 0 Å². The Hall–Kier alpha value is -9.39. The lowest BCUT2D eigenvalue weighted by Gasteiger charge is -2.14. The lowest BCUT2D eigenvalue weighted by Crippen LogP contribution is -2.04. The Morgan fingerprint density at radius 2 is 0.464 bits per heavy atom. The van der Waals surface area contributed by atoms with E-state index < -0.39 is 0 Å². The average Bonchev–Trinajstić information content (AvgIpc) is 3.42. The van der Waals surface area contributed by atoms with E-state index in [1.807, 2.05) is 200 Å².